The summed E-state index contributed by atoms with van der Waals surface area (Å²) in [5.41, 5.74) is 15.5. The Kier molecular flexibility index (Phi) is 30.3. The topological polar surface area (TPSA) is 562 Å². The van der Waals surface area contributed by atoms with Crippen LogP contribution in [0.2, 0.25) is 0 Å². The molecule has 10 atom stereocenters. The van der Waals surface area contributed by atoms with Crippen molar-refractivity contribution < 1.29 is 57.5 Å². The Bertz CT molecular complexity index is 4350. The van der Waals surface area contributed by atoms with Gasteiger partial charge < -0.3 is 106 Å². The van der Waals surface area contributed by atoms with E-state index in [1.54, 1.807) is 122 Å². The largest absolute Gasteiger partial charge is 0.370 e. The highest BCUT2D eigenvalue weighted by Crippen LogP contribution is 2.28. The number of guanidine groups is 2. The number of rotatable bonds is 20. The van der Waals surface area contributed by atoms with Gasteiger partial charge in [-0.1, -0.05) is 119 Å². The summed E-state index contributed by atoms with van der Waals surface area (Å²) in [6.07, 6.45) is 6.78. The number of imidazole rings is 2. The van der Waals surface area contributed by atoms with Crippen molar-refractivity contribution >= 4 is 126 Å². The molecule has 0 spiro atoms. The molecule has 2 saturated heterocycles. The Morgan fingerprint density at radius 2 is 0.779 bits per heavy atom. The Balaban J connectivity index is 1.06. The van der Waals surface area contributed by atoms with E-state index in [1.807, 2.05) is 0 Å². The number of nitrogens with two attached hydrogens (primary N) is 2. The third-order valence-electron chi connectivity index (χ3n) is 18.6. The molecule has 596 valence electrons. The molecule has 36 nitrogen and oxygen atoms in total. The minimum Gasteiger partial charge on any atom is -0.370 e. The van der Waals surface area contributed by atoms with Crippen LogP contribution in [0.15, 0.2) is 147 Å². The zero-order valence-electron chi connectivity index (χ0n) is 61.4. The van der Waals surface area contributed by atoms with Crippen molar-refractivity contribution in [3.8, 4) is 0 Å². The second-order valence-electron chi connectivity index (χ2n) is 27.0. The molecule has 8 aromatic rings. The van der Waals surface area contributed by atoms with Crippen LogP contribution in [0, 0.1) is 10.8 Å². The van der Waals surface area contributed by atoms with Gasteiger partial charge in [0, 0.05) is 130 Å². The summed E-state index contributed by atoms with van der Waals surface area (Å²) in [5.74, 6) is -11.7. The first kappa shape index (κ1) is 82.7. The van der Waals surface area contributed by atoms with Crippen molar-refractivity contribution in [2.45, 2.75) is 137 Å². The lowest BCUT2D eigenvalue weighted by Crippen LogP contribution is -2.60. The molecule has 113 heavy (non-hydrogen) atoms. The van der Waals surface area contributed by atoms with Gasteiger partial charge in [0.15, 0.2) is 17.3 Å². The summed E-state index contributed by atoms with van der Waals surface area (Å²) in [6, 6.07) is 18.1. The fourth-order valence-corrected chi connectivity index (χ4v) is 15.2. The standard InChI is InChI=1S/C75H92N24O12S2/c76-74(77)84-25-11-21-52-64(103)96-56(31-44-35-86-50-19-9-7-17-48(44)50)68(107)98-60-39-112-113-73(72(111)83-28-24-62(101)91-59(34-47-38-81-41-89-47)70(109)95-54(66(105)92-52)29-42-13-3-1-4-14-42)99-71(110)57(32-45-36-87-51-20-10-8-18-49(45)51)97-65(104)53(22-12-26-85-75(78)79)93-67(106)55(30-43-15-5-2-6-16-43)94-69(108)58(33-46-37-80-40-88-46)90-61(100)23-27-82-63(60)102/h1-10,13-20,35-38,40-41,52-60,73,86-87H,11-12,21-34,39H2,(H,80,88)(H,81,89)(H,82,102)(H,83,111)(H,90,100)(H,91,101)(H,92,105)(H,93,106)(H,94,108)(H,95,109)(H,96,103)(H,97,104)(H,98,107)(H,99,110)(H4,76,77,84)(H4,78,79,85)/t52-,53+,54+,55+,56-,57-,58-,59-,60-,73-/m0/s1. The van der Waals surface area contributed by atoms with Gasteiger partial charge in [-0.15, -0.1) is 0 Å². The number of amides is 12. The third-order valence-corrected chi connectivity index (χ3v) is 21.1. The molecular weight excluding hydrogens is 1490 g/mol. The second-order valence-corrected chi connectivity index (χ2v) is 29.5. The number of carbonyl (C=O) groups excluding carboxylic acids is 12. The second kappa shape index (κ2) is 41.3. The van der Waals surface area contributed by atoms with E-state index in [9.17, 15) is 19.2 Å². The molecule has 0 aliphatic carbocycles. The molecule has 2 aliphatic heterocycles. The molecule has 24 N–H and O–H groups in total. The summed E-state index contributed by atoms with van der Waals surface area (Å²) in [5, 5.41) is 53.8. The Morgan fingerprint density at radius 3 is 1.20 bits per heavy atom. The summed E-state index contributed by atoms with van der Waals surface area (Å²) in [4.78, 5) is 200. The quantitative estimate of drug-likeness (QED) is 0.0181. The highest BCUT2D eigenvalue weighted by atomic mass is 33.1. The summed E-state index contributed by atoms with van der Waals surface area (Å²) >= 11 is 0. The number of hydrogen-bond acceptors (Lipinski definition) is 18. The lowest BCUT2D eigenvalue weighted by molar-refractivity contribution is -0.135. The van der Waals surface area contributed by atoms with Crippen LogP contribution in [0.4, 0.5) is 0 Å². The predicted octanol–water partition coefficient (Wildman–Crippen LogP) is -1.40. The molecule has 0 radical (unpaired) electrons. The van der Waals surface area contributed by atoms with Gasteiger partial charge in [-0.2, -0.15) is 0 Å². The normalized spacial score (nSPS) is 22.3. The Morgan fingerprint density at radius 1 is 0.407 bits per heavy atom. The summed E-state index contributed by atoms with van der Waals surface area (Å²) in [7, 11) is 1.51. The maximum atomic E-state index is 15.5. The van der Waals surface area contributed by atoms with E-state index in [-0.39, 0.29) is 89.2 Å². The molecule has 0 unspecified atom stereocenters. The van der Waals surface area contributed by atoms with Gasteiger partial charge in [-0.05, 0) is 60.1 Å². The van der Waals surface area contributed by atoms with Crippen molar-refractivity contribution in [1.82, 2.24) is 104 Å². The zero-order chi connectivity index (χ0) is 80.2. The van der Waals surface area contributed by atoms with E-state index in [4.69, 9.17) is 22.3 Å². The minimum absolute atomic E-state index is 0.0497. The zero-order valence-corrected chi connectivity index (χ0v) is 63.0. The van der Waals surface area contributed by atoms with E-state index in [0.29, 0.717) is 66.2 Å². The van der Waals surface area contributed by atoms with Crippen LogP contribution in [0.3, 0.4) is 0 Å². The predicted molar refractivity (Wildman–Crippen MR) is 422 cm³/mol. The molecule has 4 aromatic heterocycles. The third kappa shape index (κ3) is 25.1. The van der Waals surface area contributed by atoms with Gasteiger partial charge in [0.25, 0.3) is 5.91 Å². The first-order chi connectivity index (χ1) is 54.6. The molecule has 10 rings (SSSR count). The van der Waals surface area contributed by atoms with Gasteiger partial charge in [0.2, 0.25) is 65.0 Å². The van der Waals surface area contributed by atoms with Crippen LogP contribution in [0.1, 0.15) is 72.2 Å². The van der Waals surface area contributed by atoms with Gasteiger partial charge >= 0.3 is 0 Å². The van der Waals surface area contributed by atoms with Crippen LogP contribution in [-0.4, -0.2) is 204 Å². The van der Waals surface area contributed by atoms with Crippen LogP contribution < -0.4 is 85.9 Å². The lowest BCUT2D eigenvalue weighted by Gasteiger charge is -2.27. The highest BCUT2D eigenvalue weighted by Gasteiger charge is 2.38. The number of nitrogens with one attached hydrogen (secondary N) is 20. The molecule has 4 aromatic carbocycles. The Hall–Kier alpha value is -12.7. The molecule has 2 aliphatic rings. The number of carbonyl (C=O) groups is 12. The SMILES string of the molecule is N=C(N)NCCC[C@@H]1NC(=O)[C@@H](Cc2ccccc2)NC(=O)[C@H](Cc2c[nH]cn2)NC(=O)CCNC(=O)[C@H]2NC(=O)[C@H](Cc3c[nH]c4ccccc34)NC(=O)[C@@H](CCCNC(=N)N)NC(=O)[C@@H](Cc3ccccc3)NC(=O)[C@H](Cc3c[nH]cn3)NC(=O)CCNC(=O)[C@H](CSS2)NC(=O)[C@H](Cc2c[nH]c3ccccc23)NC1=O. The maximum Gasteiger partial charge on any atom is 0.253 e. The van der Waals surface area contributed by atoms with Crippen LogP contribution in [0.5, 0.6) is 0 Å². The number of H-pyrrole nitrogens is 4. The number of hydrogen-bond donors (Lipinski definition) is 22. The van der Waals surface area contributed by atoms with Crippen molar-refractivity contribution in [1.29, 1.82) is 10.8 Å². The average Bonchev–Trinajstić information content (AvgIpc) is 1.70. The molecular formula is C75H92N24O12S2. The average molecular weight is 1590 g/mol. The highest BCUT2D eigenvalue weighted by molar-refractivity contribution is 8.77. The first-order valence-electron chi connectivity index (χ1n) is 36.7. The van der Waals surface area contributed by atoms with Crippen molar-refractivity contribution in [2.75, 3.05) is 31.9 Å². The van der Waals surface area contributed by atoms with Crippen molar-refractivity contribution in [2.24, 2.45) is 11.5 Å². The molecule has 38 heteroatoms. The maximum absolute atomic E-state index is 15.5. The lowest BCUT2D eigenvalue weighted by atomic mass is 10.0. The number of aromatic amines is 4. The van der Waals surface area contributed by atoms with E-state index < -0.39 is 162 Å². The number of benzene rings is 4. The van der Waals surface area contributed by atoms with Crippen LogP contribution in [-0.2, 0) is 96.1 Å². The van der Waals surface area contributed by atoms with Crippen LogP contribution in [0.25, 0.3) is 21.8 Å². The smallest absolute Gasteiger partial charge is 0.253 e. The minimum atomic E-state index is -1.68. The molecule has 2 fully saturated rings. The van der Waals surface area contributed by atoms with Gasteiger partial charge in [-0.3, -0.25) is 68.4 Å². The van der Waals surface area contributed by atoms with Gasteiger partial charge in [0.05, 0.1) is 24.0 Å². The van der Waals surface area contributed by atoms with E-state index >= 15 is 38.4 Å². The number of nitrogens with zero attached hydrogens (tertiary/aromatic N) is 2. The van der Waals surface area contributed by atoms with E-state index in [2.05, 4.69) is 104 Å². The fourth-order valence-electron chi connectivity index (χ4n) is 12.8. The summed E-state index contributed by atoms with van der Waals surface area (Å²) < 4.78 is 0. The Labute approximate surface area is 656 Å². The van der Waals surface area contributed by atoms with Crippen molar-refractivity contribution in [3.05, 3.63) is 180 Å². The van der Waals surface area contributed by atoms with E-state index in [0.717, 1.165) is 10.8 Å². The number of aromatic nitrogens is 6. The number of para-hydroxylation sites is 2. The fraction of sp³-hybridized carbons (Fsp3) is 0.360. The molecule has 0 saturated carbocycles. The van der Waals surface area contributed by atoms with E-state index in [1.165, 1.54) is 25.0 Å². The summed E-state index contributed by atoms with van der Waals surface area (Å²) in [6.45, 7) is -0.755. The van der Waals surface area contributed by atoms with Crippen molar-refractivity contribution in [3.63, 3.8) is 0 Å². The molecule has 6 heterocycles. The number of fused-ring (bicyclic) bond motifs is 6. The molecule has 2 bridgehead atoms. The molecule has 12 amide bonds. The van der Waals surface area contributed by atoms with Gasteiger partial charge in [-0.25, -0.2) is 9.97 Å². The monoisotopic (exact) mass is 1580 g/mol. The first-order valence-corrected chi connectivity index (χ1v) is 39.1. The van der Waals surface area contributed by atoms with Gasteiger partial charge in [0.1, 0.15) is 54.4 Å². The van der Waals surface area contributed by atoms with Crippen LogP contribution >= 0.6 is 21.6 Å².